The number of nitrogens with one attached hydrogen (secondary N) is 2. The number of nitrogens with zero attached hydrogens (tertiary/aromatic N) is 2. The fourth-order valence-corrected chi connectivity index (χ4v) is 5.90. The number of hydrogen-bond acceptors (Lipinski definition) is 6. The first-order valence-corrected chi connectivity index (χ1v) is 13.4. The maximum atomic E-state index is 14.2. The average molecular weight is 569 g/mol. The summed E-state index contributed by atoms with van der Waals surface area (Å²) in [5, 5.41) is 22.6. The average Bonchev–Trinajstić information content (AvgIpc) is 3.48. The Labute approximate surface area is 240 Å². The van der Waals surface area contributed by atoms with Crippen LogP contribution in [0.4, 0.5) is 10.5 Å². The molecule has 11 heteroatoms. The summed E-state index contributed by atoms with van der Waals surface area (Å²) in [6.45, 7) is 1.24. The second kappa shape index (κ2) is 10.3. The van der Waals surface area contributed by atoms with Crippen LogP contribution in [0.15, 0.2) is 72.8 Å². The number of hydrogen-bond donors (Lipinski definition) is 4. The van der Waals surface area contributed by atoms with Gasteiger partial charge in [0.2, 0.25) is 0 Å². The predicted molar refractivity (Wildman–Crippen MR) is 152 cm³/mol. The van der Waals surface area contributed by atoms with Gasteiger partial charge in [-0.05, 0) is 48.4 Å². The van der Waals surface area contributed by atoms with Gasteiger partial charge >= 0.3 is 12.0 Å². The number of H-pyrrole nitrogens is 1. The number of urea groups is 1. The van der Waals surface area contributed by atoms with E-state index >= 15 is 0 Å². The van der Waals surface area contributed by atoms with Crippen LogP contribution in [0.3, 0.4) is 0 Å². The highest BCUT2D eigenvalue weighted by Gasteiger charge is 2.53. The zero-order chi connectivity index (χ0) is 29.7. The second-order valence-electron chi connectivity index (χ2n) is 10.4. The third-order valence-electron chi connectivity index (χ3n) is 7.91. The predicted octanol–water partition coefficient (Wildman–Crippen LogP) is 3.22. The summed E-state index contributed by atoms with van der Waals surface area (Å²) in [6, 6.07) is 17.4. The topological polar surface area (TPSA) is 152 Å². The molecule has 1 fully saturated rings. The van der Waals surface area contributed by atoms with Gasteiger partial charge in [0.05, 0.1) is 24.5 Å². The van der Waals surface area contributed by atoms with E-state index in [-0.39, 0.29) is 17.7 Å². The molecule has 4 amide bonds. The number of benzene rings is 3. The number of carbonyl (C=O) groups is 4. The smallest absolute Gasteiger partial charge is 0.332 e. The number of methoxy groups -OCH3 is 1. The highest BCUT2D eigenvalue weighted by atomic mass is 16.5. The molecule has 4 atom stereocenters. The number of amides is 4. The van der Waals surface area contributed by atoms with Crippen LogP contribution in [0, 0.1) is 0 Å². The number of imide groups is 1. The largest absolute Gasteiger partial charge is 0.497 e. The van der Waals surface area contributed by atoms with E-state index in [1.54, 1.807) is 31.4 Å². The number of fused-ring (bicyclic) bond motifs is 4. The number of carboxylic acids is 1. The standard InChI is InChI=1S/C31H28N4O7/c1-16(36)25(30(39)40)33-28(37)20-8-4-6-10-23(20)35-29(38)24-15-21-19-7-3-5-9-22(19)32-26(21)27(34(24)31(35)41)17-11-13-18(42-2)14-12-17/h3-14,16,24-25,27,32,36H,15H2,1-2H3,(H,33,37)(H,39,40)/t16-,24+,25-,27+/m1/s1. The first-order valence-electron chi connectivity index (χ1n) is 13.4. The van der Waals surface area contributed by atoms with E-state index < -0.39 is 48.0 Å². The van der Waals surface area contributed by atoms with Gasteiger partial charge in [0, 0.05) is 23.0 Å². The Bertz CT molecular complexity index is 1730. The first kappa shape index (κ1) is 27.0. The van der Waals surface area contributed by atoms with Crippen LogP contribution in [0.25, 0.3) is 10.9 Å². The highest BCUT2D eigenvalue weighted by molar-refractivity contribution is 6.24. The van der Waals surface area contributed by atoms with Gasteiger partial charge in [0.15, 0.2) is 6.04 Å². The molecule has 3 aromatic carbocycles. The molecule has 0 aliphatic carbocycles. The van der Waals surface area contributed by atoms with Crippen LogP contribution in [0.1, 0.15) is 40.1 Å². The van der Waals surface area contributed by atoms with Crippen LogP contribution < -0.4 is 15.0 Å². The number of aromatic nitrogens is 1. The summed E-state index contributed by atoms with van der Waals surface area (Å²) in [4.78, 5) is 59.1. The Morgan fingerprint density at radius 3 is 2.40 bits per heavy atom. The summed E-state index contributed by atoms with van der Waals surface area (Å²) < 4.78 is 5.33. The van der Waals surface area contributed by atoms with Crippen molar-refractivity contribution in [3.63, 3.8) is 0 Å². The van der Waals surface area contributed by atoms with Gasteiger partial charge in [-0.15, -0.1) is 0 Å². The monoisotopic (exact) mass is 568 g/mol. The van der Waals surface area contributed by atoms with Crippen LogP contribution >= 0.6 is 0 Å². The Morgan fingerprint density at radius 1 is 1.02 bits per heavy atom. The SMILES string of the molecule is COc1ccc([C@H]2c3[nH]c4ccccc4c3C[C@H]3C(=O)N(c4ccccc4C(=O)N[C@@H](C(=O)O)[C@@H](C)O)C(=O)N23)cc1. The van der Waals surface area contributed by atoms with Crippen molar-refractivity contribution in [2.24, 2.45) is 0 Å². The van der Waals surface area contributed by atoms with E-state index in [0.29, 0.717) is 5.75 Å². The molecule has 2 aliphatic rings. The lowest BCUT2D eigenvalue weighted by atomic mass is 9.89. The molecule has 0 bridgehead atoms. The molecule has 11 nitrogen and oxygen atoms in total. The molecular weight excluding hydrogens is 540 g/mol. The van der Waals surface area contributed by atoms with E-state index in [1.807, 2.05) is 36.4 Å². The van der Waals surface area contributed by atoms with Gasteiger partial charge in [0.25, 0.3) is 11.8 Å². The van der Waals surface area contributed by atoms with Crippen LogP contribution in [-0.4, -0.2) is 69.2 Å². The number of anilines is 1. The highest BCUT2D eigenvalue weighted by Crippen LogP contribution is 2.45. The molecule has 2 aliphatic heterocycles. The number of aromatic amines is 1. The van der Waals surface area contributed by atoms with Crippen LogP contribution in [0.2, 0.25) is 0 Å². The molecule has 1 saturated heterocycles. The van der Waals surface area contributed by atoms with E-state index in [2.05, 4.69) is 10.3 Å². The fraction of sp³-hybridized carbons (Fsp3) is 0.226. The van der Waals surface area contributed by atoms with E-state index in [9.17, 15) is 29.4 Å². The number of aliphatic hydroxyl groups is 1. The fourth-order valence-electron chi connectivity index (χ4n) is 5.90. The molecule has 0 spiro atoms. The molecule has 6 rings (SSSR count). The van der Waals surface area contributed by atoms with Crippen molar-refractivity contribution in [2.75, 3.05) is 12.0 Å². The van der Waals surface area contributed by atoms with Crippen molar-refractivity contribution in [2.45, 2.75) is 37.6 Å². The van der Waals surface area contributed by atoms with Gasteiger partial charge in [-0.3, -0.25) is 14.5 Å². The van der Waals surface area contributed by atoms with Gasteiger partial charge in [0.1, 0.15) is 17.8 Å². The van der Waals surface area contributed by atoms with Crippen molar-refractivity contribution in [1.82, 2.24) is 15.2 Å². The third kappa shape index (κ3) is 4.25. The van der Waals surface area contributed by atoms with Gasteiger partial charge in [-0.1, -0.05) is 42.5 Å². The summed E-state index contributed by atoms with van der Waals surface area (Å²) in [6.07, 6.45) is -1.11. The van der Waals surface area contributed by atoms with Crippen molar-refractivity contribution in [1.29, 1.82) is 0 Å². The maximum Gasteiger partial charge on any atom is 0.332 e. The Hall–Kier alpha value is -5.16. The quantitative estimate of drug-likeness (QED) is 0.250. The minimum atomic E-state index is -1.58. The van der Waals surface area contributed by atoms with Crippen molar-refractivity contribution < 1.29 is 34.1 Å². The second-order valence-corrected chi connectivity index (χ2v) is 10.4. The molecular formula is C31H28N4O7. The maximum absolute atomic E-state index is 14.2. The van der Waals surface area contributed by atoms with Crippen molar-refractivity contribution >= 4 is 40.4 Å². The number of aliphatic carboxylic acids is 1. The Kier molecular flexibility index (Phi) is 6.66. The molecule has 4 N–H and O–H groups in total. The number of para-hydroxylation sites is 2. The lowest BCUT2D eigenvalue weighted by molar-refractivity contribution is -0.141. The normalized spacial score (nSPS) is 19.3. The van der Waals surface area contributed by atoms with E-state index in [0.717, 1.165) is 32.6 Å². The molecule has 42 heavy (non-hydrogen) atoms. The first-order chi connectivity index (χ1) is 20.2. The van der Waals surface area contributed by atoms with Crippen LogP contribution in [-0.2, 0) is 16.0 Å². The van der Waals surface area contributed by atoms with Gasteiger partial charge in [-0.2, -0.15) is 0 Å². The molecule has 1 aromatic heterocycles. The summed E-state index contributed by atoms with van der Waals surface area (Å²) in [7, 11) is 1.56. The summed E-state index contributed by atoms with van der Waals surface area (Å²) in [5.41, 5.74) is 3.35. The number of aliphatic hydroxyl groups excluding tert-OH is 1. The molecule has 214 valence electrons. The van der Waals surface area contributed by atoms with Crippen molar-refractivity contribution in [3.05, 3.63) is 95.2 Å². The summed E-state index contributed by atoms with van der Waals surface area (Å²) in [5.74, 6) is -2.12. The Morgan fingerprint density at radius 2 is 1.71 bits per heavy atom. The minimum absolute atomic E-state index is 0.0242. The third-order valence-corrected chi connectivity index (χ3v) is 7.91. The summed E-state index contributed by atoms with van der Waals surface area (Å²) >= 11 is 0. The molecule has 0 radical (unpaired) electrons. The van der Waals surface area contributed by atoms with Gasteiger partial charge < -0.3 is 25.3 Å². The number of carboxylic acid groups (broad SMARTS) is 1. The molecule has 0 unspecified atom stereocenters. The van der Waals surface area contributed by atoms with E-state index in [1.165, 1.54) is 24.0 Å². The van der Waals surface area contributed by atoms with Crippen LogP contribution in [0.5, 0.6) is 5.75 Å². The lowest BCUT2D eigenvalue weighted by Crippen LogP contribution is -2.48. The lowest BCUT2D eigenvalue weighted by Gasteiger charge is -2.36. The Balaban J connectivity index is 1.44. The van der Waals surface area contributed by atoms with Crippen molar-refractivity contribution in [3.8, 4) is 5.75 Å². The number of ether oxygens (including phenoxy) is 1. The zero-order valence-corrected chi connectivity index (χ0v) is 22.8. The molecule has 0 saturated carbocycles. The molecule has 4 aromatic rings. The minimum Gasteiger partial charge on any atom is -0.497 e. The van der Waals surface area contributed by atoms with E-state index in [4.69, 9.17) is 4.74 Å². The zero-order valence-electron chi connectivity index (χ0n) is 22.8. The number of rotatable bonds is 7. The molecule has 3 heterocycles. The number of carbonyl (C=O) groups excluding carboxylic acids is 3. The van der Waals surface area contributed by atoms with Gasteiger partial charge in [-0.25, -0.2) is 14.5 Å².